The molecule has 1 aliphatic heterocycles. The van der Waals surface area contributed by atoms with Crippen molar-refractivity contribution in [1.29, 1.82) is 0 Å². The van der Waals surface area contributed by atoms with E-state index in [4.69, 9.17) is 11.3 Å². The summed E-state index contributed by atoms with van der Waals surface area (Å²) in [6.07, 6.45) is -2.57. The van der Waals surface area contributed by atoms with Gasteiger partial charge in [-0.05, 0) is 62.8 Å². The highest BCUT2D eigenvalue weighted by Gasteiger charge is 2.44. The van der Waals surface area contributed by atoms with Gasteiger partial charge in [0.15, 0.2) is 0 Å². The third-order valence-electron chi connectivity index (χ3n) is 7.42. The van der Waals surface area contributed by atoms with Gasteiger partial charge in [0.05, 0.1) is 19.1 Å². The van der Waals surface area contributed by atoms with Gasteiger partial charge >= 0.3 is 6.18 Å². The molecule has 4 rings (SSSR count). The van der Waals surface area contributed by atoms with Gasteiger partial charge in [-0.3, -0.25) is 9.78 Å². The number of aromatic nitrogens is 1. The van der Waals surface area contributed by atoms with Crippen LogP contribution in [0, 0.1) is 12.4 Å². The predicted molar refractivity (Wildman–Crippen MR) is 149 cm³/mol. The topological polar surface area (TPSA) is 62.1 Å². The van der Waals surface area contributed by atoms with Crippen molar-refractivity contribution in [2.45, 2.75) is 24.4 Å². The number of nitrogens with zero attached hydrogens (tertiary/aromatic N) is 4. The van der Waals surface area contributed by atoms with Crippen LogP contribution in [0.3, 0.4) is 0 Å². The number of carbonyl (C=O) groups is 1. The number of piperidine rings is 1. The first kappa shape index (κ1) is 29.8. The van der Waals surface area contributed by atoms with Gasteiger partial charge in [-0.2, -0.15) is 13.2 Å². The Morgan fingerprint density at radius 1 is 1.17 bits per heavy atom. The lowest BCUT2D eigenvalue weighted by Gasteiger charge is -2.42. The minimum absolute atomic E-state index is 0.0956. The Morgan fingerprint density at radius 2 is 1.88 bits per heavy atom. The zero-order valence-corrected chi connectivity index (χ0v) is 23.1. The monoisotopic (exact) mass is 569 g/mol. The van der Waals surface area contributed by atoms with E-state index < -0.39 is 23.0 Å². The van der Waals surface area contributed by atoms with Gasteiger partial charge in [0.2, 0.25) is 11.6 Å². The number of pyridine rings is 1. The van der Waals surface area contributed by atoms with Crippen LogP contribution < -0.4 is 15.0 Å². The Hall–Kier alpha value is -4.17. The van der Waals surface area contributed by atoms with Crippen molar-refractivity contribution in [3.05, 3.63) is 83.1 Å². The highest BCUT2D eigenvalue weighted by molar-refractivity contribution is 5.89. The lowest BCUT2D eigenvalue weighted by Crippen LogP contribution is -2.52. The molecule has 1 amide bonds. The molecule has 0 saturated carbocycles. The molecule has 1 N–H and O–H groups in total. The molecular formula is C30H31F4N5O2. The Balaban J connectivity index is 1.67. The van der Waals surface area contributed by atoms with E-state index in [-0.39, 0.29) is 43.2 Å². The number of carbonyl (C=O) groups excluding carboxylic acids is 1. The molecule has 11 heteroatoms. The molecule has 7 nitrogen and oxygen atoms in total. The van der Waals surface area contributed by atoms with E-state index in [9.17, 15) is 18.0 Å². The second-order valence-corrected chi connectivity index (χ2v) is 10.2. The Labute approximate surface area is 236 Å². The van der Waals surface area contributed by atoms with E-state index >= 15 is 4.39 Å². The maximum absolute atomic E-state index is 15.6. The first-order valence-corrected chi connectivity index (χ1v) is 13.1. The number of nitrogens with one attached hydrogen (secondary N) is 1. The molecule has 0 unspecified atom stereocenters. The van der Waals surface area contributed by atoms with Crippen molar-refractivity contribution in [3.8, 4) is 17.0 Å². The van der Waals surface area contributed by atoms with Crippen molar-refractivity contribution in [2.75, 3.05) is 52.3 Å². The molecule has 0 aliphatic carbocycles. The van der Waals surface area contributed by atoms with Crippen LogP contribution >= 0.6 is 0 Å². The summed E-state index contributed by atoms with van der Waals surface area (Å²) in [6, 6.07) is 11.3. The van der Waals surface area contributed by atoms with Crippen LogP contribution in [0.5, 0.6) is 5.75 Å². The molecule has 41 heavy (non-hydrogen) atoms. The second kappa shape index (κ2) is 12.1. The first-order valence-electron chi connectivity index (χ1n) is 13.1. The van der Waals surface area contributed by atoms with E-state index in [1.165, 1.54) is 25.4 Å². The van der Waals surface area contributed by atoms with Gasteiger partial charge in [0.1, 0.15) is 17.3 Å². The molecule has 1 fully saturated rings. The largest absolute Gasteiger partial charge is 0.496 e. The van der Waals surface area contributed by atoms with Gasteiger partial charge in [0, 0.05) is 49.2 Å². The van der Waals surface area contributed by atoms with E-state index in [2.05, 4.69) is 15.1 Å². The lowest BCUT2D eigenvalue weighted by molar-refractivity contribution is -0.137. The minimum atomic E-state index is -4.56. The number of hydrogen-bond donors (Lipinski definition) is 1. The van der Waals surface area contributed by atoms with Crippen LogP contribution in [0.15, 0.2) is 54.7 Å². The molecule has 3 aromatic rings. The van der Waals surface area contributed by atoms with Crippen LogP contribution in [-0.4, -0.2) is 63.2 Å². The number of alkyl halides is 3. The summed E-state index contributed by atoms with van der Waals surface area (Å²) in [5.74, 6) is -0.417. The number of likely N-dealkylation sites (N-methyl/N-ethyl adjacent to an activating group) is 1. The predicted octanol–water partition coefficient (Wildman–Crippen LogP) is 5.68. The Kier molecular flexibility index (Phi) is 8.83. The first-order chi connectivity index (χ1) is 19.5. The van der Waals surface area contributed by atoms with Crippen molar-refractivity contribution in [1.82, 2.24) is 15.2 Å². The summed E-state index contributed by atoms with van der Waals surface area (Å²) in [5, 5.41) is 2.97. The molecular weight excluding hydrogens is 538 g/mol. The Morgan fingerprint density at radius 3 is 2.49 bits per heavy atom. The van der Waals surface area contributed by atoms with Crippen molar-refractivity contribution < 1.29 is 27.1 Å². The molecule has 1 aliphatic rings. The van der Waals surface area contributed by atoms with Crippen LogP contribution in [0.25, 0.3) is 16.1 Å². The fraction of sp³-hybridized carbons (Fsp3) is 0.367. The quantitative estimate of drug-likeness (QED) is 0.279. The van der Waals surface area contributed by atoms with Crippen molar-refractivity contribution >= 4 is 17.3 Å². The second-order valence-electron chi connectivity index (χ2n) is 10.2. The Bertz CT molecular complexity index is 1440. The number of benzene rings is 2. The maximum Gasteiger partial charge on any atom is 0.415 e. The molecule has 1 aromatic heterocycles. The van der Waals surface area contributed by atoms with Crippen molar-refractivity contribution in [2.24, 2.45) is 0 Å². The number of ether oxygens (including phenoxy) is 1. The maximum atomic E-state index is 15.6. The number of amides is 1. The summed E-state index contributed by atoms with van der Waals surface area (Å²) >= 11 is 0. The van der Waals surface area contributed by atoms with Gasteiger partial charge < -0.3 is 19.9 Å². The zero-order valence-electron chi connectivity index (χ0n) is 23.1. The minimum Gasteiger partial charge on any atom is -0.496 e. The summed E-state index contributed by atoms with van der Waals surface area (Å²) in [5.41, 5.74) is -0.781. The highest BCUT2D eigenvalue weighted by atomic mass is 19.4. The fourth-order valence-corrected chi connectivity index (χ4v) is 5.13. The van der Waals surface area contributed by atoms with Crippen LogP contribution in [0.2, 0.25) is 0 Å². The zero-order chi connectivity index (χ0) is 29.8. The fourth-order valence-electron chi connectivity index (χ4n) is 5.13. The van der Waals surface area contributed by atoms with Gasteiger partial charge in [0.25, 0.3) is 0 Å². The van der Waals surface area contributed by atoms with E-state index in [1.807, 2.05) is 19.0 Å². The third-order valence-corrected chi connectivity index (χ3v) is 7.42. The summed E-state index contributed by atoms with van der Waals surface area (Å²) < 4.78 is 60.6. The van der Waals surface area contributed by atoms with Crippen molar-refractivity contribution in [3.63, 3.8) is 0 Å². The van der Waals surface area contributed by atoms with E-state index in [1.54, 1.807) is 29.2 Å². The molecule has 0 radical (unpaired) electrons. The molecule has 2 aromatic carbocycles. The summed E-state index contributed by atoms with van der Waals surface area (Å²) in [4.78, 5) is 25.1. The average Bonchev–Trinajstić information content (AvgIpc) is 2.96. The number of halogens is 4. The van der Waals surface area contributed by atoms with E-state index in [0.29, 0.717) is 35.7 Å². The molecule has 216 valence electrons. The number of rotatable bonds is 8. The number of anilines is 1. The molecule has 0 atom stereocenters. The normalized spacial score (nSPS) is 15.0. The van der Waals surface area contributed by atoms with E-state index in [0.717, 1.165) is 12.1 Å². The van der Waals surface area contributed by atoms with Crippen LogP contribution in [0.4, 0.5) is 28.9 Å². The number of methoxy groups -OCH3 is 1. The molecule has 1 saturated heterocycles. The van der Waals surface area contributed by atoms with Gasteiger partial charge in [-0.15, -0.1) is 0 Å². The third kappa shape index (κ3) is 6.28. The SMILES string of the molecule is [C-]#[N+]c1cc(C(F)(F)F)ccc1N1CCC(C(=O)NCCN(C)C)(c2cnc(-c3ccccc3OC)c(F)c2)CC1. The van der Waals surface area contributed by atoms with Gasteiger partial charge in [-0.1, -0.05) is 18.2 Å². The summed E-state index contributed by atoms with van der Waals surface area (Å²) in [6.45, 7) is 8.97. The van der Waals surface area contributed by atoms with Crippen LogP contribution in [-0.2, 0) is 16.4 Å². The average molecular weight is 570 g/mol. The smallest absolute Gasteiger partial charge is 0.415 e. The standard InChI is InChI=1S/C30H31F4N5O2/c1-35-24-18-20(30(32,33)34)9-10-25(24)39-14-11-29(12-15-39,28(40)36-13-16-38(2)3)21-17-23(31)27(37-19-21)22-7-5-6-8-26(22)41-4/h5-10,17-19H,11-16H2,2-4H3,(H,36,40). The highest BCUT2D eigenvalue weighted by Crippen LogP contribution is 2.42. The molecule has 0 bridgehead atoms. The summed E-state index contributed by atoms with van der Waals surface area (Å²) in [7, 11) is 5.26. The molecule has 2 heterocycles. The lowest BCUT2D eigenvalue weighted by atomic mass is 9.72. The molecule has 0 spiro atoms. The van der Waals surface area contributed by atoms with Gasteiger partial charge in [-0.25, -0.2) is 9.24 Å². The number of hydrogen-bond acceptors (Lipinski definition) is 5. The number of para-hydroxylation sites is 1. The van der Waals surface area contributed by atoms with Crippen LogP contribution in [0.1, 0.15) is 24.0 Å².